The maximum Gasteiger partial charge on any atom is 0.341 e. The zero-order valence-electron chi connectivity index (χ0n) is 21.5. The summed E-state index contributed by atoms with van der Waals surface area (Å²) in [6.45, 7) is 8.93. The summed E-state index contributed by atoms with van der Waals surface area (Å²) in [6, 6.07) is 12.0. The van der Waals surface area contributed by atoms with Crippen molar-refractivity contribution in [2.45, 2.75) is 40.7 Å². The number of rotatable bonds is 8. The molecule has 192 valence electrons. The van der Waals surface area contributed by atoms with Gasteiger partial charge >= 0.3 is 5.97 Å². The largest absolute Gasteiger partial charge is 0.462 e. The van der Waals surface area contributed by atoms with Gasteiger partial charge in [0.05, 0.1) is 12.0 Å². The van der Waals surface area contributed by atoms with E-state index in [9.17, 15) is 14.4 Å². The highest BCUT2D eigenvalue weighted by Crippen LogP contribution is 2.14. The Morgan fingerprint density at radius 3 is 2.57 bits per heavy atom. The van der Waals surface area contributed by atoms with Gasteiger partial charge in [0, 0.05) is 31.5 Å². The minimum absolute atomic E-state index is 0.0257. The van der Waals surface area contributed by atoms with Crippen LogP contribution in [0, 0.1) is 13.8 Å². The van der Waals surface area contributed by atoms with Crippen molar-refractivity contribution in [1.82, 2.24) is 14.0 Å². The molecule has 0 spiro atoms. The molecule has 4 aromatic rings. The minimum Gasteiger partial charge on any atom is -0.462 e. The Kier molecular flexibility index (Phi) is 7.93. The number of carbonyl (C=O) groups excluding carboxylic acids is 2. The van der Waals surface area contributed by atoms with E-state index in [0.717, 1.165) is 11.1 Å². The van der Waals surface area contributed by atoms with Crippen LogP contribution in [-0.2, 0) is 16.0 Å². The van der Waals surface area contributed by atoms with Gasteiger partial charge in [-0.25, -0.2) is 9.78 Å². The van der Waals surface area contributed by atoms with Crippen molar-refractivity contribution in [2.24, 2.45) is 4.99 Å². The molecule has 0 fully saturated rings. The van der Waals surface area contributed by atoms with Crippen molar-refractivity contribution >= 4 is 28.6 Å². The Morgan fingerprint density at radius 1 is 1.03 bits per heavy atom. The molecule has 0 atom stereocenters. The van der Waals surface area contributed by atoms with Gasteiger partial charge in [-0.3, -0.25) is 14.0 Å². The van der Waals surface area contributed by atoms with Crippen LogP contribution in [0.1, 0.15) is 52.1 Å². The van der Waals surface area contributed by atoms with Crippen LogP contribution >= 0.6 is 0 Å². The Balaban J connectivity index is 2.05. The van der Waals surface area contributed by atoms with Crippen molar-refractivity contribution < 1.29 is 19.1 Å². The fourth-order valence-corrected chi connectivity index (χ4v) is 4.07. The summed E-state index contributed by atoms with van der Waals surface area (Å²) in [5.74, 6) is -1.18. The molecule has 1 aromatic carbocycles. The molecule has 9 heteroatoms. The average Bonchev–Trinajstić information content (AvgIpc) is 2.89. The van der Waals surface area contributed by atoms with Crippen LogP contribution in [0.2, 0.25) is 0 Å². The molecule has 0 aliphatic carbocycles. The summed E-state index contributed by atoms with van der Waals surface area (Å²) >= 11 is 0. The number of aryl methyl sites for hydroxylation is 3. The van der Waals surface area contributed by atoms with Crippen molar-refractivity contribution in [3.8, 4) is 0 Å². The van der Waals surface area contributed by atoms with Gasteiger partial charge in [0.1, 0.15) is 16.9 Å². The second-order valence-corrected chi connectivity index (χ2v) is 8.60. The van der Waals surface area contributed by atoms with Gasteiger partial charge < -0.3 is 14.0 Å². The number of esters is 1. The Labute approximate surface area is 214 Å². The first kappa shape index (κ1) is 26.0. The Bertz CT molecular complexity index is 1620. The predicted octanol–water partition coefficient (Wildman–Crippen LogP) is 3.61. The van der Waals surface area contributed by atoms with E-state index in [1.54, 1.807) is 48.0 Å². The molecule has 0 saturated heterocycles. The quantitative estimate of drug-likeness (QED) is 0.207. The SMILES string of the molecule is CCOCCCn1c(=NC(=O)c2ccc(C)c(C)c2)c(C(=O)OCC)cc2c(=O)n3ccccc3nc21. The third-order valence-corrected chi connectivity index (χ3v) is 6.12. The molecule has 9 nitrogen and oxygen atoms in total. The summed E-state index contributed by atoms with van der Waals surface area (Å²) < 4.78 is 13.9. The molecule has 0 aliphatic rings. The molecule has 0 unspecified atom stereocenters. The summed E-state index contributed by atoms with van der Waals surface area (Å²) in [6.07, 6.45) is 2.17. The maximum absolute atomic E-state index is 13.4. The lowest BCUT2D eigenvalue weighted by Gasteiger charge is -2.15. The van der Waals surface area contributed by atoms with E-state index in [2.05, 4.69) is 4.99 Å². The summed E-state index contributed by atoms with van der Waals surface area (Å²) in [5.41, 5.74) is 2.95. The molecule has 37 heavy (non-hydrogen) atoms. The van der Waals surface area contributed by atoms with Gasteiger partial charge in [0.15, 0.2) is 5.49 Å². The molecule has 4 rings (SSSR count). The second kappa shape index (κ2) is 11.3. The third-order valence-electron chi connectivity index (χ3n) is 6.12. The van der Waals surface area contributed by atoms with Gasteiger partial charge in [-0.2, -0.15) is 4.99 Å². The average molecular weight is 503 g/mol. The molecule has 1 amide bonds. The first-order valence-corrected chi connectivity index (χ1v) is 12.3. The van der Waals surface area contributed by atoms with Crippen LogP contribution in [0.4, 0.5) is 0 Å². The molecule has 3 heterocycles. The normalized spacial score (nSPS) is 11.8. The predicted molar refractivity (Wildman–Crippen MR) is 140 cm³/mol. The fraction of sp³-hybridized carbons (Fsp3) is 0.321. The Morgan fingerprint density at radius 2 is 1.84 bits per heavy atom. The number of hydrogen-bond donors (Lipinski definition) is 0. The van der Waals surface area contributed by atoms with Crippen molar-refractivity contribution in [3.63, 3.8) is 0 Å². The topological polar surface area (TPSA) is 104 Å². The van der Waals surface area contributed by atoms with E-state index in [1.807, 2.05) is 26.8 Å². The molecular formula is C28H30N4O5. The lowest BCUT2D eigenvalue weighted by atomic mass is 10.1. The number of benzene rings is 1. The molecular weight excluding hydrogens is 472 g/mol. The van der Waals surface area contributed by atoms with Gasteiger partial charge in [0.2, 0.25) is 0 Å². The van der Waals surface area contributed by atoms with Crippen molar-refractivity contribution in [1.29, 1.82) is 0 Å². The molecule has 0 saturated carbocycles. The van der Waals surface area contributed by atoms with E-state index < -0.39 is 11.9 Å². The first-order valence-electron chi connectivity index (χ1n) is 12.3. The number of hydrogen-bond acceptors (Lipinski definition) is 6. The molecule has 3 aromatic heterocycles. The third kappa shape index (κ3) is 5.36. The van der Waals surface area contributed by atoms with Gasteiger partial charge in [-0.15, -0.1) is 0 Å². The maximum atomic E-state index is 13.4. The zero-order valence-corrected chi connectivity index (χ0v) is 21.5. The van der Waals surface area contributed by atoms with Crippen molar-refractivity contribution in [2.75, 3.05) is 19.8 Å². The number of amides is 1. The minimum atomic E-state index is -0.674. The smallest absolute Gasteiger partial charge is 0.341 e. The van der Waals surface area contributed by atoms with E-state index in [4.69, 9.17) is 14.5 Å². The van der Waals surface area contributed by atoms with Crippen LogP contribution in [0.5, 0.6) is 0 Å². The lowest BCUT2D eigenvalue weighted by molar-refractivity contribution is 0.0523. The molecule has 0 N–H and O–H groups in total. The number of pyridine rings is 2. The Hall–Kier alpha value is -4.11. The van der Waals surface area contributed by atoms with Crippen LogP contribution in [-0.4, -0.2) is 45.6 Å². The van der Waals surface area contributed by atoms with Gasteiger partial charge in [-0.05, 0) is 75.6 Å². The number of fused-ring (bicyclic) bond motifs is 2. The number of ether oxygens (including phenoxy) is 2. The summed E-state index contributed by atoms with van der Waals surface area (Å²) in [5, 5.41) is 0.223. The zero-order chi connectivity index (χ0) is 26.5. The monoisotopic (exact) mass is 502 g/mol. The first-order chi connectivity index (χ1) is 17.8. The molecule has 0 radical (unpaired) electrons. The number of aromatic nitrogens is 3. The van der Waals surface area contributed by atoms with Gasteiger partial charge in [-0.1, -0.05) is 12.1 Å². The highest BCUT2D eigenvalue weighted by molar-refractivity contribution is 5.97. The van der Waals surface area contributed by atoms with Crippen LogP contribution < -0.4 is 11.0 Å². The van der Waals surface area contributed by atoms with Crippen LogP contribution in [0.25, 0.3) is 16.7 Å². The second-order valence-electron chi connectivity index (χ2n) is 8.60. The van der Waals surface area contributed by atoms with Crippen LogP contribution in [0.15, 0.2) is 58.4 Å². The number of nitrogens with zero attached hydrogens (tertiary/aromatic N) is 4. The molecule has 0 aliphatic heterocycles. The fourth-order valence-electron chi connectivity index (χ4n) is 4.07. The number of carbonyl (C=O) groups is 2. The van der Waals surface area contributed by atoms with E-state index in [1.165, 1.54) is 10.5 Å². The molecule has 0 bridgehead atoms. The summed E-state index contributed by atoms with van der Waals surface area (Å²) in [7, 11) is 0. The standard InChI is InChI=1S/C28H30N4O5/c1-5-36-15-9-14-32-24-21(27(34)31-13-8-7-10-23(31)29-24)17-22(28(35)37-6-2)25(32)30-26(33)20-12-11-18(3)19(4)16-20/h7-8,10-13,16-17H,5-6,9,14-15H2,1-4H3. The van der Waals surface area contributed by atoms with Crippen LogP contribution in [0.3, 0.4) is 0 Å². The van der Waals surface area contributed by atoms with E-state index in [0.29, 0.717) is 43.0 Å². The highest BCUT2D eigenvalue weighted by Gasteiger charge is 2.20. The van der Waals surface area contributed by atoms with Gasteiger partial charge in [0.25, 0.3) is 11.5 Å². The van der Waals surface area contributed by atoms with Crippen molar-refractivity contribution in [3.05, 3.63) is 86.8 Å². The summed E-state index contributed by atoms with van der Waals surface area (Å²) in [4.78, 5) is 48.9. The van der Waals surface area contributed by atoms with E-state index >= 15 is 0 Å². The highest BCUT2D eigenvalue weighted by atomic mass is 16.5. The lowest BCUT2D eigenvalue weighted by Crippen LogP contribution is -2.33. The van der Waals surface area contributed by atoms with E-state index in [-0.39, 0.29) is 28.6 Å².